The van der Waals surface area contributed by atoms with Crippen molar-refractivity contribution in [2.24, 2.45) is 5.73 Å². The molecule has 3 atom stereocenters. The minimum absolute atomic E-state index is 0.0997. The Labute approximate surface area is 240 Å². The van der Waals surface area contributed by atoms with Crippen molar-refractivity contribution in [3.63, 3.8) is 0 Å². The molecule has 1 heterocycles. The van der Waals surface area contributed by atoms with Gasteiger partial charge in [0.2, 0.25) is 11.7 Å². The van der Waals surface area contributed by atoms with E-state index in [1.54, 1.807) is 43.3 Å². The lowest BCUT2D eigenvalue weighted by Gasteiger charge is -2.23. The molecular formula is C28H28FN5O4S2. The van der Waals surface area contributed by atoms with Gasteiger partial charge in [-0.3, -0.25) is 14.4 Å². The number of rotatable bonds is 13. The van der Waals surface area contributed by atoms with Gasteiger partial charge in [-0.15, -0.1) is 11.3 Å². The van der Waals surface area contributed by atoms with Crippen molar-refractivity contribution < 1.29 is 23.9 Å². The molecule has 0 aliphatic carbocycles. The summed E-state index contributed by atoms with van der Waals surface area (Å²) in [6.45, 7) is 1.56. The molecule has 2 aromatic carbocycles. The summed E-state index contributed by atoms with van der Waals surface area (Å²) in [5.74, 6) is -2.22. The molecule has 40 heavy (non-hydrogen) atoms. The lowest BCUT2D eigenvalue weighted by Crippen LogP contribution is -2.53. The second-order valence-electron chi connectivity index (χ2n) is 9.13. The van der Waals surface area contributed by atoms with E-state index in [4.69, 9.17) is 23.2 Å². The summed E-state index contributed by atoms with van der Waals surface area (Å²) in [6.07, 6.45) is 1.45. The Bertz CT molecular complexity index is 1400. The largest absolute Gasteiger partial charge is 0.393 e. The fourth-order valence-corrected chi connectivity index (χ4v) is 4.75. The molecule has 0 fully saturated rings. The highest BCUT2D eigenvalue weighted by Gasteiger charge is 2.28. The van der Waals surface area contributed by atoms with Gasteiger partial charge in [0, 0.05) is 5.56 Å². The lowest BCUT2D eigenvalue weighted by molar-refractivity contribution is -0.127. The van der Waals surface area contributed by atoms with Crippen molar-refractivity contribution in [1.29, 1.82) is 5.26 Å². The number of aliphatic hydroxyl groups excluding tert-OH is 1. The highest BCUT2D eigenvalue weighted by atomic mass is 32.1. The van der Waals surface area contributed by atoms with Crippen LogP contribution in [0.25, 0.3) is 10.6 Å². The van der Waals surface area contributed by atoms with Gasteiger partial charge >= 0.3 is 0 Å². The van der Waals surface area contributed by atoms with Crippen LogP contribution in [0.2, 0.25) is 0 Å². The molecular weight excluding hydrogens is 553 g/mol. The van der Waals surface area contributed by atoms with Crippen molar-refractivity contribution in [3.8, 4) is 16.6 Å². The van der Waals surface area contributed by atoms with E-state index in [1.165, 1.54) is 18.3 Å². The maximum Gasteiger partial charge on any atom is 0.263 e. The summed E-state index contributed by atoms with van der Waals surface area (Å²) < 4.78 is 13.2. The predicted molar refractivity (Wildman–Crippen MR) is 153 cm³/mol. The van der Waals surface area contributed by atoms with Crippen LogP contribution in [0.1, 0.15) is 47.0 Å². The van der Waals surface area contributed by atoms with E-state index >= 15 is 0 Å². The zero-order valence-electron chi connectivity index (χ0n) is 21.6. The molecule has 1 unspecified atom stereocenters. The number of nitrogens with two attached hydrogens (primary N) is 1. The number of carbonyl (C=O) groups is 3. The fourth-order valence-electron chi connectivity index (χ4n) is 3.78. The SMILES string of the molecule is CC(O)CC[C@H](NC(=O)c1cnc(-c2ccc(C#N)cc2)s1)C(=O)N[C@@H](CCc1ccc(F)cc1)C(=O)C(N)=S. The molecule has 3 aromatic rings. The average Bonchev–Trinajstić information content (AvgIpc) is 3.44. The molecule has 0 saturated carbocycles. The number of Topliss-reactive ketones (excluding diaryl/α,β-unsaturated/α-hetero) is 1. The molecule has 1 aromatic heterocycles. The first kappa shape index (κ1) is 30.5. The van der Waals surface area contributed by atoms with Gasteiger partial charge < -0.3 is 21.5 Å². The zero-order chi connectivity index (χ0) is 29.2. The predicted octanol–water partition coefficient (Wildman–Crippen LogP) is 3.05. The Kier molecular flexibility index (Phi) is 11.0. The highest BCUT2D eigenvalue weighted by Crippen LogP contribution is 2.25. The topological polar surface area (TPSA) is 158 Å². The van der Waals surface area contributed by atoms with E-state index < -0.39 is 46.6 Å². The van der Waals surface area contributed by atoms with E-state index in [0.717, 1.165) is 22.5 Å². The number of nitrogens with zero attached hydrogens (tertiary/aromatic N) is 2. The van der Waals surface area contributed by atoms with Crippen LogP contribution < -0.4 is 16.4 Å². The molecule has 0 spiro atoms. The average molecular weight is 582 g/mol. The third-order valence-corrected chi connectivity index (χ3v) is 7.24. The number of benzene rings is 2. The number of thiazole rings is 1. The van der Waals surface area contributed by atoms with Crippen LogP contribution in [-0.2, 0) is 16.0 Å². The number of amides is 2. The molecule has 0 radical (unpaired) electrons. The Morgan fingerprint density at radius 3 is 2.35 bits per heavy atom. The van der Waals surface area contributed by atoms with Crippen LogP contribution in [0.15, 0.2) is 54.7 Å². The third kappa shape index (κ3) is 8.74. The Balaban J connectivity index is 1.73. The van der Waals surface area contributed by atoms with Gasteiger partial charge in [0.1, 0.15) is 26.7 Å². The first-order chi connectivity index (χ1) is 19.1. The molecule has 0 aliphatic heterocycles. The fraction of sp³-hybridized carbons (Fsp3) is 0.286. The number of hydrogen-bond acceptors (Lipinski definition) is 8. The quantitative estimate of drug-likeness (QED) is 0.224. The first-order valence-electron chi connectivity index (χ1n) is 12.4. The number of aliphatic hydroxyl groups is 1. The van der Waals surface area contributed by atoms with Crippen molar-refractivity contribution in [2.45, 2.75) is 50.8 Å². The number of carbonyl (C=O) groups excluding carboxylic acids is 3. The first-order valence-corrected chi connectivity index (χ1v) is 13.6. The van der Waals surface area contributed by atoms with Crippen LogP contribution >= 0.6 is 23.6 Å². The second kappa shape index (κ2) is 14.4. The van der Waals surface area contributed by atoms with Gasteiger partial charge in [0.05, 0.1) is 30.0 Å². The minimum atomic E-state index is -1.07. The molecule has 5 N–H and O–H groups in total. The van der Waals surface area contributed by atoms with Crippen LogP contribution in [0.5, 0.6) is 0 Å². The normalized spacial score (nSPS) is 12.9. The van der Waals surface area contributed by atoms with E-state index in [9.17, 15) is 23.9 Å². The third-order valence-electron chi connectivity index (χ3n) is 6.00. The summed E-state index contributed by atoms with van der Waals surface area (Å²) in [6, 6.07) is 12.4. The molecule has 3 rings (SSSR count). The maximum atomic E-state index is 13.3. The van der Waals surface area contributed by atoms with Crippen molar-refractivity contribution in [1.82, 2.24) is 15.6 Å². The minimum Gasteiger partial charge on any atom is -0.393 e. The molecule has 12 heteroatoms. The van der Waals surface area contributed by atoms with Gasteiger partial charge in [0.15, 0.2) is 0 Å². The summed E-state index contributed by atoms with van der Waals surface area (Å²) in [4.78, 5) is 43.1. The van der Waals surface area contributed by atoms with Gasteiger partial charge in [-0.2, -0.15) is 5.26 Å². The van der Waals surface area contributed by atoms with Gasteiger partial charge in [-0.05, 0) is 62.4 Å². The summed E-state index contributed by atoms with van der Waals surface area (Å²) in [7, 11) is 0. The second-order valence-corrected chi connectivity index (χ2v) is 10.6. The van der Waals surface area contributed by atoms with Crippen LogP contribution in [0.3, 0.4) is 0 Å². The molecule has 0 saturated heterocycles. The molecule has 208 valence electrons. The number of ketones is 1. The van der Waals surface area contributed by atoms with E-state index in [2.05, 4.69) is 15.6 Å². The molecule has 0 aliphatic rings. The number of nitriles is 1. The molecule has 0 bridgehead atoms. The van der Waals surface area contributed by atoms with Crippen molar-refractivity contribution in [2.75, 3.05) is 0 Å². The van der Waals surface area contributed by atoms with Gasteiger partial charge in [-0.1, -0.05) is 36.5 Å². The zero-order valence-corrected chi connectivity index (χ0v) is 23.2. The Hall–Kier alpha value is -4.05. The van der Waals surface area contributed by atoms with Crippen molar-refractivity contribution in [3.05, 3.63) is 76.5 Å². The Morgan fingerprint density at radius 2 is 1.75 bits per heavy atom. The molecule has 9 nitrogen and oxygen atoms in total. The van der Waals surface area contributed by atoms with Crippen LogP contribution in [0.4, 0.5) is 4.39 Å². The van der Waals surface area contributed by atoms with Gasteiger partial charge in [0.25, 0.3) is 5.91 Å². The number of nitrogens with one attached hydrogen (secondary N) is 2. The van der Waals surface area contributed by atoms with E-state index in [-0.39, 0.29) is 24.1 Å². The number of thiocarbonyl (C=S) groups is 1. The van der Waals surface area contributed by atoms with E-state index in [0.29, 0.717) is 17.0 Å². The van der Waals surface area contributed by atoms with Crippen LogP contribution in [-0.4, -0.2) is 50.9 Å². The lowest BCUT2D eigenvalue weighted by atomic mass is 10.0. The number of hydrogen-bond donors (Lipinski definition) is 4. The summed E-state index contributed by atoms with van der Waals surface area (Å²) in [5, 5.41) is 24.6. The highest BCUT2D eigenvalue weighted by molar-refractivity contribution is 7.82. The van der Waals surface area contributed by atoms with Crippen molar-refractivity contribution >= 4 is 46.1 Å². The standard InChI is InChI=1S/C28H28FN5O4S2/c1-16(35)2-12-22(34-27(38)23-15-32-28(40-23)19-8-3-18(14-30)4-9-19)26(37)33-21(24(36)25(31)39)13-7-17-5-10-20(29)11-6-17/h3-6,8-11,15-16,21-22,35H,2,7,12-13H2,1H3,(H2,31,39)(H,33,37)(H,34,38)/t16?,21-,22-/m0/s1. The number of halogens is 1. The smallest absolute Gasteiger partial charge is 0.263 e. The summed E-state index contributed by atoms with van der Waals surface area (Å²) >= 11 is 5.95. The van der Waals surface area contributed by atoms with Gasteiger partial charge in [-0.25, -0.2) is 9.37 Å². The maximum absolute atomic E-state index is 13.3. The van der Waals surface area contributed by atoms with E-state index in [1.807, 2.05) is 6.07 Å². The monoisotopic (exact) mass is 581 g/mol. The Morgan fingerprint density at radius 1 is 1.07 bits per heavy atom. The molecule has 2 amide bonds. The van der Waals surface area contributed by atoms with Crippen LogP contribution in [0, 0.1) is 17.1 Å². The summed E-state index contributed by atoms with van der Waals surface area (Å²) in [5.41, 5.74) is 7.53. The number of aryl methyl sites for hydroxylation is 1. The number of aromatic nitrogens is 1.